The van der Waals surface area contributed by atoms with E-state index in [0.29, 0.717) is 10.8 Å². The van der Waals surface area contributed by atoms with Crippen molar-refractivity contribution in [1.82, 2.24) is 20.0 Å². The SMILES string of the molecule is CNc1cc(C(=O)Nc2nnc(-n3nccc3C)s2)oc(=O)c1OC. The molecule has 0 spiro atoms. The van der Waals surface area contributed by atoms with Crippen LogP contribution in [0, 0.1) is 6.92 Å². The first kappa shape index (κ1) is 16.6. The summed E-state index contributed by atoms with van der Waals surface area (Å²) in [4.78, 5) is 24.2. The van der Waals surface area contributed by atoms with Crippen molar-refractivity contribution in [3.63, 3.8) is 0 Å². The molecule has 3 aromatic rings. The standard InChI is InChI=1S/C14H14N6O4S/c1-7-4-5-16-20(7)14-19-18-13(25-14)17-11(21)9-6-8(15-2)10(23-3)12(22)24-9/h4-6,15H,1-3H3,(H,17,18,21). The molecule has 0 bridgehead atoms. The Morgan fingerprint density at radius 3 is 2.84 bits per heavy atom. The van der Waals surface area contributed by atoms with Crippen molar-refractivity contribution in [2.24, 2.45) is 0 Å². The summed E-state index contributed by atoms with van der Waals surface area (Å²) in [7, 11) is 2.94. The molecule has 11 heteroatoms. The van der Waals surface area contributed by atoms with E-state index in [0.717, 1.165) is 17.0 Å². The molecule has 25 heavy (non-hydrogen) atoms. The molecule has 0 aliphatic carbocycles. The van der Waals surface area contributed by atoms with Gasteiger partial charge in [0, 0.05) is 25.0 Å². The van der Waals surface area contributed by atoms with Crippen LogP contribution in [0.2, 0.25) is 0 Å². The van der Waals surface area contributed by atoms with E-state index in [1.807, 2.05) is 13.0 Å². The molecule has 0 saturated heterocycles. The van der Waals surface area contributed by atoms with Crippen LogP contribution in [0.4, 0.5) is 10.8 Å². The molecule has 1 amide bonds. The number of amides is 1. The van der Waals surface area contributed by atoms with E-state index >= 15 is 0 Å². The van der Waals surface area contributed by atoms with Gasteiger partial charge in [0.05, 0.1) is 12.8 Å². The average molecular weight is 362 g/mol. The molecule has 10 nitrogen and oxygen atoms in total. The number of aryl methyl sites for hydroxylation is 1. The number of nitrogens with zero attached hydrogens (tertiary/aromatic N) is 4. The smallest absolute Gasteiger partial charge is 0.381 e. The lowest BCUT2D eigenvalue weighted by atomic mass is 10.3. The van der Waals surface area contributed by atoms with Gasteiger partial charge in [0.1, 0.15) is 0 Å². The summed E-state index contributed by atoms with van der Waals surface area (Å²) >= 11 is 1.14. The van der Waals surface area contributed by atoms with Gasteiger partial charge in [-0.25, -0.2) is 9.48 Å². The van der Waals surface area contributed by atoms with Gasteiger partial charge in [-0.15, -0.1) is 10.2 Å². The third-order valence-corrected chi connectivity index (χ3v) is 4.07. The van der Waals surface area contributed by atoms with Crippen molar-refractivity contribution in [1.29, 1.82) is 0 Å². The van der Waals surface area contributed by atoms with Crippen LogP contribution in [0.25, 0.3) is 5.13 Å². The predicted molar refractivity (Wildman–Crippen MR) is 90.8 cm³/mol. The first-order valence-corrected chi connectivity index (χ1v) is 7.91. The van der Waals surface area contributed by atoms with Gasteiger partial charge in [0.15, 0.2) is 5.76 Å². The average Bonchev–Trinajstić information content (AvgIpc) is 3.22. The summed E-state index contributed by atoms with van der Waals surface area (Å²) in [6, 6.07) is 3.19. The fraction of sp³-hybridized carbons (Fsp3) is 0.214. The predicted octanol–water partition coefficient (Wildman–Crippen LogP) is 1.29. The molecule has 3 heterocycles. The summed E-state index contributed by atoms with van der Waals surface area (Å²) in [5.74, 6) is -0.815. The van der Waals surface area contributed by atoms with Gasteiger partial charge in [-0.05, 0) is 13.0 Å². The van der Waals surface area contributed by atoms with Crippen molar-refractivity contribution in [2.45, 2.75) is 6.92 Å². The van der Waals surface area contributed by atoms with Gasteiger partial charge in [-0.1, -0.05) is 11.3 Å². The van der Waals surface area contributed by atoms with Crippen LogP contribution in [-0.2, 0) is 0 Å². The quantitative estimate of drug-likeness (QED) is 0.696. The Morgan fingerprint density at radius 2 is 2.20 bits per heavy atom. The van der Waals surface area contributed by atoms with Crippen molar-refractivity contribution >= 4 is 28.1 Å². The zero-order valence-corrected chi connectivity index (χ0v) is 14.4. The van der Waals surface area contributed by atoms with Crippen molar-refractivity contribution < 1.29 is 13.9 Å². The number of carbonyl (C=O) groups is 1. The number of rotatable bonds is 5. The van der Waals surface area contributed by atoms with Crippen LogP contribution in [0.15, 0.2) is 27.5 Å². The number of aromatic nitrogens is 4. The molecule has 0 aliphatic heterocycles. The lowest BCUT2D eigenvalue weighted by Crippen LogP contribution is -2.16. The monoisotopic (exact) mass is 362 g/mol. The Balaban J connectivity index is 1.84. The number of nitrogens with one attached hydrogen (secondary N) is 2. The summed E-state index contributed by atoms with van der Waals surface area (Å²) in [5, 5.41) is 18.1. The van der Waals surface area contributed by atoms with E-state index in [2.05, 4.69) is 25.9 Å². The highest BCUT2D eigenvalue weighted by atomic mass is 32.1. The molecule has 0 aliphatic rings. The minimum atomic E-state index is -0.760. The maximum atomic E-state index is 12.3. The number of hydrogen-bond acceptors (Lipinski definition) is 9. The Morgan fingerprint density at radius 1 is 1.40 bits per heavy atom. The molecule has 0 aromatic carbocycles. The van der Waals surface area contributed by atoms with Crippen LogP contribution in [-0.4, -0.2) is 40.0 Å². The Bertz CT molecular complexity index is 976. The second-order valence-electron chi connectivity index (χ2n) is 4.82. The fourth-order valence-corrected chi connectivity index (χ4v) is 2.81. The molecular formula is C14H14N6O4S. The molecule has 3 rings (SSSR count). The summed E-state index contributed by atoms with van der Waals surface area (Å²) in [6.45, 7) is 1.87. The first-order valence-electron chi connectivity index (χ1n) is 7.09. The third-order valence-electron chi connectivity index (χ3n) is 3.25. The second-order valence-corrected chi connectivity index (χ2v) is 5.78. The summed E-state index contributed by atoms with van der Waals surface area (Å²) in [6.07, 6.45) is 1.64. The van der Waals surface area contributed by atoms with E-state index < -0.39 is 11.5 Å². The first-order chi connectivity index (χ1) is 12.0. The molecule has 3 aromatic heterocycles. The lowest BCUT2D eigenvalue weighted by molar-refractivity contribution is 0.0991. The lowest BCUT2D eigenvalue weighted by Gasteiger charge is -2.07. The van der Waals surface area contributed by atoms with Crippen LogP contribution in [0.3, 0.4) is 0 Å². The topological polar surface area (TPSA) is 124 Å². The van der Waals surface area contributed by atoms with Crippen LogP contribution in [0.1, 0.15) is 16.2 Å². The van der Waals surface area contributed by atoms with Crippen molar-refractivity contribution in [2.75, 3.05) is 24.8 Å². The van der Waals surface area contributed by atoms with E-state index in [1.54, 1.807) is 17.9 Å². The minimum absolute atomic E-state index is 0.00795. The molecule has 0 saturated carbocycles. The van der Waals surface area contributed by atoms with Crippen LogP contribution >= 0.6 is 11.3 Å². The third kappa shape index (κ3) is 3.21. The fourth-order valence-electron chi connectivity index (χ4n) is 2.05. The highest BCUT2D eigenvalue weighted by Crippen LogP contribution is 2.23. The molecule has 0 radical (unpaired) electrons. The number of anilines is 2. The molecule has 0 atom stereocenters. The normalized spacial score (nSPS) is 10.5. The highest BCUT2D eigenvalue weighted by molar-refractivity contribution is 7.17. The molecule has 2 N–H and O–H groups in total. The van der Waals surface area contributed by atoms with E-state index in [9.17, 15) is 9.59 Å². The maximum Gasteiger partial charge on any atom is 0.381 e. The largest absolute Gasteiger partial charge is 0.488 e. The zero-order chi connectivity index (χ0) is 18.0. The minimum Gasteiger partial charge on any atom is -0.488 e. The maximum absolute atomic E-state index is 12.3. The van der Waals surface area contributed by atoms with Gasteiger partial charge in [0.2, 0.25) is 16.0 Å². The summed E-state index contributed by atoms with van der Waals surface area (Å²) in [5.41, 5.74) is 0.465. The molecule has 0 unspecified atom stereocenters. The molecular weight excluding hydrogens is 348 g/mol. The van der Waals surface area contributed by atoms with Crippen LogP contribution < -0.4 is 21.0 Å². The highest BCUT2D eigenvalue weighted by Gasteiger charge is 2.18. The molecule has 130 valence electrons. The number of methoxy groups -OCH3 is 1. The number of ether oxygens (including phenoxy) is 1. The zero-order valence-electron chi connectivity index (χ0n) is 13.6. The van der Waals surface area contributed by atoms with E-state index in [1.165, 1.54) is 13.2 Å². The van der Waals surface area contributed by atoms with Gasteiger partial charge >= 0.3 is 5.63 Å². The Labute approximate surface area is 145 Å². The summed E-state index contributed by atoms with van der Waals surface area (Å²) < 4.78 is 11.5. The number of carbonyl (C=O) groups excluding carboxylic acids is 1. The van der Waals surface area contributed by atoms with Gasteiger partial charge in [-0.2, -0.15) is 5.10 Å². The van der Waals surface area contributed by atoms with E-state index in [-0.39, 0.29) is 16.6 Å². The van der Waals surface area contributed by atoms with Crippen molar-refractivity contribution in [3.05, 3.63) is 40.2 Å². The van der Waals surface area contributed by atoms with Crippen molar-refractivity contribution in [3.8, 4) is 10.9 Å². The number of hydrogen-bond donors (Lipinski definition) is 2. The van der Waals surface area contributed by atoms with Gasteiger partial charge in [0.25, 0.3) is 5.91 Å². The van der Waals surface area contributed by atoms with Gasteiger partial charge < -0.3 is 14.5 Å². The van der Waals surface area contributed by atoms with Gasteiger partial charge in [-0.3, -0.25) is 10.1 Å². The van der Waals surface area contributed by atoms with E-state index in [4.69, 9.17) is 9.15 Å². The van der Waals surface area contributed by atoms with Crippen LogP contribution in [0.5, 0.6) is 5.75 Å². The Kier molecular flexibility index (Phi) is 4.48. The second kappa shape index (κ2) is 6.73. The Hall–Kier alpha value is -3.21. The molecule has 0 fully saturated rings.